The largest absolute Gasteiger partial charge is 0.377 e. The monoisotopic (exact) mass is 489 g/mol. The van der Waals surface area contributed by atoms with Crippen LogP contribution < -0.4 is 4.90 Å². The molecule has 1 aliphatic heterocycles. The SMILES string of the molecule is CSCc1cc(N2CCOC[C@H]2C)nc2c(-c3ccnn3COCCS(C)(C)C)nccc12. The summed E-state index contributed by atoms with van der Waals surface area (Å²) in [6, 6.07) is 6.60. The lowest BCUT2D eigenvalue weighted by atomic mass is 10.1. The smallest absolute Gasteiger partial charge is 0.140 e. The molecule has 0 N–H and O–H groups in total. The minimum atomic E-state index is -0.579. The Morgan fingerprint density at radius 2 is 2.09 bits per heavy atom. The molecule has 9 heteroatoms. The standard InChI is InChI=1S/C24H35N5O2S2/c1-18-15-30-11-10-28(18)22-14-19(16-32-2)20-6-8-25-24(23(20)27-22)21-7-9-26-29(21)17-31-12-13-33(3,4)5/h6-9,14,18H,10-13,15-17H2,1-5H3/t18-/m1/s1. The topological polar surface area (TPSA) is 65.3 Å². The Morgan fingerprint density at radius 1 is 1.24 bits per heavy atom. The molecule has 0 amide bonds. The number of morpholine rings is 1. The predicted molar refractivity (Wildman–Crippen MR) is 142 cm³/mol. The number of aromatic nitrogens is 4. The van der Waals surface area contributed by atoms with Crippen LogP contribution in [-0.4, -0.2) is 82.9 Å². The molecule has 0 unspecified atom stereocenters. The summed E-state index contributed by atoms with van der Waals surface area (Å²) in [6.07, 6.45) is 12.7. The van der Waals surface area contributed by atoms with Crippen LogP contribution in [-0.2, 0) is 22.0 Å². The molecule has 0 radical (unpaired) electrons. The maximum absolute atomic E-state index is 5.97. The van der Waals surface area contributed by atoms with E-state index in [1.807, 2.05) is 34.9 Å². The van der Waals surface area contributed by atoms with E-state index in [0.29, 0.717) is 6.73 Å². The van der Waals surface area contributed by atoms with Gasteiger partial charge in [-0.05, 0) is 55.7 Å². The summed E-state index contributed by atoms with van der Waals surface area (Å²) in [7, 11) is -0.579. The van der Waals surface area contributed by atoms with Gasteiger partial charge < -0.3 is 14.4 Å². The van der Waals surface area contributed by atoms with Gasteiger partial charge in [-0.3, -0.25) is 4.98 Å². The first kappa shape index (κ1) is 24.3. The van der Waals surface area contributed by atoms with Crippen LogP contribution in [0.3, 0.4) is 0 Å². The van der Waals surface area contributed by atoms with E-state index in [1.165, 1.54) is 5.56 Å². The average molecular weight is 490 g/mol. The van der Waals surface area contributed by atoms with E-state index in [0.717, 1.165) is 66.0 Å². The van der Waals surface area contributed by atoms with Gasteiger partial charge in [0, 0.05) is 35.8 Å². The highest BCUT2D eigenvalue weighted by Crippen LogP contribution is 2.34. The van der Waals surface area contributed by atoms with Crippen molar-refractivity contribution < 1.29 is 9.47 Å². The van der Waals surface area contributed by atoms with Gasteiger partial charge in [-0.25, -0.2) is 19.7 Å². The summed E-state index contributed by atoms with van der Waals surface area (Å²) in [5.41, 5.74) is 3.97. The fourth-order valence-corrected chi connectivity index (χ4v) is 5.15. The Hall–Kier alpha value is -1.81. The van der Waals surface area contributed by atoms with Crippen LogP contribution in [0.5, 0.6) is 0 Å². The number of thioether (sulfide) groups is 1. The molecule has 1 fully saturated rings. The highest BCUT2D eigenvalue weighted by atomic mass is 32.3. The molecule has 0 bridgehead atoms. The van der Waals surface area contributed by atoms with E-state index in [-0.39, 0.29) is 6.04 Å². The summed E-state index contributed by atoms with van der Waals surface area (Å²) in [6.45, 7) is 5.62. The van der Waals surface area contributed by atoms with Gasteiger partial charge in [0.25, 0.3) is 0 Å². The predicted octanol–water partition coefficient (Wildman–Crippen LogP) is 4.25. The molecule has 1 saturated heterocycles. The zero-order valence-electron chi connectivity index (χ0n) is 20.3. The average Bonchev–Trinajstić information content (AvgIpc) is 3.24. The third kappa shape index (κ3) is 5.82. The molecule has 3 aromatic heterocycles. The molecular formula is C24H35N5O2S2. The summed E-state index contributed by atoms with van der Waals surface area (Å²) in [5.74, 6) is 3.00. The maximum atomic E-state index is 5.97. The van der Waals surface area contributed by atoms with Crippen molar-refractivity contribution in [3.63, 3.8) is 0 Å². The molecule has 7 nitrogen and oxygen atoms in total. The molecule has 1 atom stereocenters. The van der Waals surface area contributed by atoms with Gasteiger partial charge >= 0.3 is 0 Å². The third-order valence-electron chi connectivity index (χ3n) is 5.77. The molecule has 3 aromatic rings. The zero-order chi connectivity index (χ0) is 23.4. The van der Waals surface area contributed by atoms with Crippen LogP contribution in [0.25, 0.3) is 22.3 Å². The number of pyridine rings is 2. The van der Waals surface area contributed by atoms with Gasteiger partial charge in [-0.1, -0.05) is 0 Å². The van der Waals surface area contributed by atoms with Crippen LogP contribution in [0.4, 0.5) is 5.82 Å². The first-order chi connectivity index (χ1) is 15.9. The van der Waals surface area contributed by atoms with Crippen molar-refractivity contribution in [1.29, 1.82) is 0 Å². The van der Waals surface area contributed by atoms with Crippen molar-refractivity contribution in [3.05, 3.63) is 36.2 Å². The van der Waals surface area contributed by atoms with Crippen LogP contribution in [0.1, 0.15) is 12.5 Å². The van der Waals surface area contributed by atoms with Gasteiger partial charge in [0.2, 0.25) is 0 Å². The number of rotatable bonds is 9. The fraction of sp³-hybridized carbons (Fsp3) is 0.542. The van der Waals surface area contributed by atoms with Crippen molar-refractivity contribution in [3.8, 4) is 11.4 Å². The Labute approximate surface area is 202 Å². The second kappa shape index (κ2) is 10.6. The Kier molecular flexibility index (Phi) is 7.83. The zero-order valence-corrected chi connectivity index (χ0v) is 21.9. The third-order valence-corrected chi connectivity index (χ3v) is 7.77. The molecule has 0 spiro atoms. The van der Waals surface area contributed by atoms with Crippen LogP contribution in [0.15, 0.2) is 30.6 Å². The maximum Gasteiger partial charge on any atom is 0.140 e. The molecule has 180 valence electrons. The Bertz CT molecular complexity index is 1080. The number of hydrogen-bond donors (Lipinski definition) is 0. The molecule has 4 heterocycles. The number of hydrogen-bond acceptors (Lipinski definition) is 7. The number of anilines is 1. The molecule has 33 heavy (non-hydrogen) atoms. The van der Waals surface area contributed by atoms with Crippen molar-refractivity contribution in [2.75, 3.05) is 62.0 Å². The van der Waals surface area contributed by atoms with E-state index in [9.17, 15) is 0 Å². The second-order valence-corrected chi connectivity index (χ2v) is 14.7. The highest BCUT2D eigenvalue weighted by molar-refractivity contribution is 8.32. The molecular weight excluding hydrogens is 454 g/mol. The van der Waals surface area contributed by atoms with Gasteiger partial charge in [-0.2, -0.15) is 16.9 Å². The fourth-order valence-electron chi connectivity index (χ4n) is 3.98. The minimum absolute atomic E-state index is 0.287. The van der Waals surface area contributed by atoms with Crippen molar-refractivity contribution in [2.24, 2.45) is 0 Å². The van der Waals surface area contributed by atoms with E-state index < -0.39 is 10.0 Å². The summed E-state index contributed by atoms with van der Waals surface area (Å²) < 4.78 is 13.5. The number of ether oxygens (including phenoxy) is 2. The van der Waals surface area contributed by atoms with E-state index in [2.05, 4.69) is 54.1 Å². The quantitative estimate of drug-likeness (QED) is 0.416. The van der Waals surface area contributed by atoms with Crippen molar-refractivity contribution in [2.45, 2.75) is 25.4 Å². The molecule has 1 aliphatic rings. The first-order valence-corrected chi connectivity index (χ1v) is 15.7. The first-order valence-electron chi connectivity index (χ1n) is 11.3. The lowest BCUT2D eigenvalue weighted by Gasteiger charge is -2.34. The van der Waals surface area contributed by atoms with E-state index >= 15 is 0 Å². The normalized spacial score (nSPS) is 17.6. The van der Waals surface area contributed by atoms with Crippen molar-refractivity contribution >= 4 is 38.5 Å². The van der Waals surface area contributed by atoms with Crippen LogP contribution in [0, 0.1) is 0 Å². The van der Waals surface area contributed by atoms with Gasteiger partial charge in [0.1, 0.15) is 23.8 Å². The summed E-state index contributed by atoms with van der Waals surface area (Å²) >= 11 is 1.82. The summed E-state index contributed by atoms with van der Waals surface area (Å²) in [5, 5.41) is 5.66. The Morgan fingerprint density at radius 3 is 2.85 bits per heavy atom. The second-order valence-electron chi connectivity index (χ2n) is 9.29. The lowest BCUT2D eigenvalue weighted by molar-refractivity contribution is 0.0821. The summed E-state index contributed by atoms with van der Waals surface area (Å²) in [4.78, 5) is 12.2. The van der Waals surface area contributed by atoms with Crippen LogP contribution in [0.2, 0.25) is 0 Å². The number of nitrogens with zero attached hydrogens (tertiary/aromatic N) is 5. The van der Waals surface area contributed by atoms with Crippen molar-refractivity contribution in [1.82, 2.24) is 19.7 Å². The van der Waals surface area contributed by atoms with Crippen LogP contribution >= 0.6 is 21.8 Å². The van der Waals surface area contributed by atoms with Gasteiger partial charge in [0.05, 0.1) is 31.6 Å². The Balaban J connectivity index is 1.71. The minimum Gasteiger partial charge on any atom is -0.377 e. The van der Waals surface area contributed by atoms with E-state index in [4.69, 9.17) is 19.4 Å². The lowest BCUT2D eigenvalue weighted by Crippen LogP contribution is -2.44. The molecule has 0 saturated carbocycles. The number of fused-ring (bicyclic) bond motifs is 1. The molecule has 0 aliphatic carbocycles. The molecule has 0 aromatic carbocycles. The molecule has 4 rings (SSSR count). The highest BCUT2D eigenvalue weighted by Gasteiger charge is 2.23. The van der Waals surface area contributed by atoms with Gasteiger partial charge in [-0.15, -0.1) is 0 Å². The van der Waals surface area contributed by atoms with E-state index in [1.54, 1.807) is 0 Å². The van der Waals surface area contributed by atoms with Gasteiger partial charge in [0.15, 0.2) is 0 Å².